The summed E-state index contributed by atoms with van der Waals surface area (Å²) in [6, 6.07) is 0. The normalized spacial score (nSPS) is 15.3. The van der Waals surface area contributed by atoms with E-state index in [1.807, 2.05) is 18.7 Å². The smallest absolute Gasteiger partial charge is 0.261 e. The Kier molecular flexibility index (Phi) is 7.48. The molecule has 2 aromatic heterocycles. The lowest BCUT2D eigenvalue weighted by molar-refractivity contribution is -0.130. The van der Waals surface area contributed by atoms with E-state index in [1.165, 1.54) is 11.8 Å². The Bertz CT molecular complexity index is 817. The van der Waals surface area contributed by atoms with Crippen LogP contribution in [0.5, 0.6) is 0 Å². The number of piperazine rings is 1. The maximum atomic E-state index is 12.7. The van der Waals surface area contributed by atoms with E-state index in [0.717, 1.165) is 39.3 Å². The first kappa shape index (κ1) is 21.6. The molecule has 1 aliphatic heterocycles. The molecule has 10 nitrogen and oxygen atoms in total. The molecule has 3 rings (SSSR count). The molecule has 29 heavy (non-hydrogen) atoms. The maximum absolute atomic E-state index is 12.7. The molecule has 1 saturated heterocycles. The van der Waals surface area contributed by atoms with E-state index >= 15 is 0 Å². The summed E-state index contributed by atoms with van der Waals surface area (Å²) in [6.45, 7) is 14.4. The van der Waals surface area contributed by atoms with Crippen molar-refractivity contribution in [2.45, 2.75) is 32.9 Å². The van der Waals surface area contributed by atoms with Gasteiger partial charge in [-0.25, -0.2) is 4.40 Å². The molecule has 0 bridgehead atoms. The fourth-order valence-electron chi connectivity index (χ4n) is 3.31. The van der Waals surface area contributed by atoms with Crippen molar-refractivity contribution in [3.05, 3.63) is 0 Å². The van der Waals surface area contributed by atoms with Gasteiger partial charge in [0.2, 0.25) is 17.8 Å². The van der Waals surface area contributed by atoms with Crippen LogP contribution >= 0.6 is 11.8 Å². The fraction of sp³-hybridized carbons (Fsp3) is 0.722. The van der Waals surface area contributed by atoms with Gasteiger partial charge in [-0.15, -0.1) is 10.2 Å². The zero-order valence-corrected chi connectivity index (χ0v) is 18.5. The minimum atomic E-state index is 0.131. The Morgan fingerprint density at radius 3 is 2.45 bits per heavy atom. The lowest BCUT2D eigenvalue weighted by Crippen LogP contribution is -2.50. The quantitative estimate of drug-likeness (QED) is 0.579. The summed E-state index contributed by atoms with van der Waals surface area (Å²) in [4.78, 5) is 25.9. The van der Waals surface area contributed by atoms with E-state index in [-0.39, 0.29) is 5.91 Å². The van der Waals surface area contributed by atoms with E-state index in [4.69, 9.17) is 0 Å². The molecule has 0 atom stereocenters. The molecule has 1 aliphatic rings. The lowest BCUT2D eigenvalue weighted by atomic mass is 10.2. The number of rotatable bonds is 9. The topological polar surface area (TPSA) is 104 Å². The molecular formula is C18H31N9OS. The van der Waals surface area contributed by atoms with Crippen LogP contribution in [0, 0.1) is 5.92 Å². The number of hydrogen-bond donors (Lipinski definition) is 2. The molecule has 0 unspecified atom stereocenters. The van der Waals surface area contributed by atoms with Crippen LogP contribution in [-0.2, 0) is 4.79 Å². The summed E-state index contributed by atoms with van der Waals surface area (Å²) in [5.41, 5.74) is 0. The van der Waals surface area contributed by atoms with Gasteiger partial charge >= 0.3 is 0 Å². The van der Waals surface area contributed by atoms with Crippen molar-refractivity contribution >= 4 is 35.3 Å². The molecule has 2 aromatic rings. The Labute approximate surface area is 175 Å². The number of nitrogens with one attached hydrogen (secondary N) is 2. The molecule has 2 N–H and O–H groups in total. The molecule has 0 aliphatic carbocycles. The van der Waals surface area contributed by atoms with Crippen molar-refractivity contribution in [1.29, 1.82) is 0 Å². The van der Waals surface area contributed by atoms with Gasteiger partial charge in [0.1, 0.15) is 0 Å². The number of amides is 1. The molecule has 1 fully saturated rings. The Morgan fingerprint density at radius 1 is 1.07 bits per heavy atom. The number of aromatic nitrogens is 5. The first-order valence-corrected chi connectivity index (χ1v) is 11.2. The predicted molar refractivity (Wildman–Crippen MR) is 115 cm³/mol. The Balaban J connectivity index is 1.64. The van der Waals surface area contributed by atoms with Gasteiger partial charge in [-0.1, -0.05) is 25.6 Å². The van der Waals surface area contributed by atoms with Crippen LogP contribution in [0.4, 0.5) is 11.9 Å². The van der Waals surface area contributed by atoms with Gasteiger partial charge in [-0.2, -0.15) is 9.97 Å². The van der Waals surface area contributed by atoms with Gasteiger partial charge in [0, 0.05) is 45.8 Å². The summed E-state index contributed by atoms with van der Waals surface area (Å²) in [5, 5.41) is 15.3. The zero-order chi connectivity index (χ0) is 20.8. The van der Waals surface area contributed by atoms with Crippen molar-refractivity contribution in [1.82, 2.24) is 34.4 Å². The van der Waals surface area contributed by atoms with Gasteiger partial charge < -0.3 is 15.5 Å². The lowest BCUT2D eigenvalue weighted by Gasteiger charge is -2.35. The second-order valence-electron chi connectivity index (χ2n) is 7.41. The average Bonchev–Trinajstić information content (AvgIpc) is 3.10. The largest absolute Gasteiger partial charge is 0.355 e. The maximum Gasteiger partial charge on any atom is 0.261 e. The fourth-order valence-corrected chi connectivity index (χ4v) is 4.14. The highest BCUT2D eigenvalue weighted by Gasteiger charge is 2.22. The number of carbonyl (C=O) groups excluding carboxylic acids is 1. The molecule has 0 radical (unpaired) electrons. The molecule has 1 amide bonds. The third-order valence-corrected chi connectivity index (χ3v) is 5.50. The van der Waals surface area contributed by atoms with Crippen LogP contribution in [0.3, 0.4) is 0 Å². The molecular weight excluding hydrogens is 390 g/mol. The van der Waals surface area contributed by atoms with Crippen LogP contribution in [0.1, 0.15) is 27.7 Å². The summed E-state index contributed by atoms with van der Waals surface area (Å²) in [6.07, 6.45) is 0. The number of nitrogens with zero attached hydrogens (tertiary/aromatic N) is 7. The van der Waals surface area contributed by atoms with E-state index in [0.29, 0.717) is 41.0 Å². The third kappa shape index (κ3) is 5.47. The summed E-state index contributed by atoms with van der Waals surface area (Å²) >= 11 is 1.37. The first-order chi connectivity index (χ1) is 14.0. The molecule has 0 saturated carbocycles. The summed E-state index contributed by atoms with van der Waals surface area (Å²) in [5.74, 6) is 2.70. The van der Waals surface area contributed by atoms with Crippen molar-refractivity contribution in [3.8, 4) is 0 Å². The van der Waals surface area contributed by atoms with Crippen LogP contribution in [0.15, 0.2) is 5.16 Å². The van der Waals surface area contributed by atoms with Crippen LogP contribution < -0.4 is 10.6 Å². The van der Waals surface area contributed by atoms with E-state index in [9.17, 15) is 4.79 Å². The zero-order valence-electron chi connectivity index (χ0n) is 17.7. The second kappa shape index (κ2) is 10.1. The molecule has 160 valence electrons. The van der Waals surface area contributed by atoms with Crippen molar-refractivity contribution in [2.24, 2.45) is 5.92 Å². The number of hydrogen-bond acceptors (Lipinski definition) is 9. The summed E-state index contributed by atoms with van der Waals surface area (Å²) < 4.78 is 1.77. The van der Waals surface area contributed by atoms with E-state index in [1.54, 1.807) is 4.40 Å². The van der Waals surface area contributed by atoms with Crippen LogP contribution in [0.25, 0.3) is 5.78 Å². The third-order valence-electron chi connectivity index (χ3n) is 4.59. The number of fused-ring (bicyclic) bond motifs is 1. The van der Waals surface area contributed by atoms with Gasteiger partial charge in [0.05, 0.1) is 5.75 Å². The van der Waals surface area contributed by atoms with Crippen molar-refractivity contribution in [3.63, 3.8) is 0 Å². The number of anilines is 2. The molecule has 0 aromatic carbocycles. The number of thioether (sulfide) groups is 1. The van der Waals surface area contributed by atoms with Gasteiger partial charge in [0.25, 0.3) is 5.78 Å². The van der Waals surface area contributed by atoms with Crippen LogP contribution in [-0.4, -0.2) is 91.8 Å². The van der Waals surface area contributed by atoms with Crippen molar-refractivity contribution < 1.29 is 4.79 Å². The highest BCUT2D eigenvalue weighted by atomic mass is 32.2. The Morgan fingerprint density at radius 2 is 1.79 bits per heavy atom. The summed E-state index contributed by atoms with van der Waals surface area (Å²) in [7, 11) is 0. The minimum Gasteiger partial charge on any atom is -0.355 e. The molecule has 0 spiro atoms. The SMILES string of the molecule is CCNc1nc(NCC)n2c(SCC(=O)N3CCN(CC(C)C)CC3)nnc2n1. The predicted octanol–water partition coefficient (Wildman–Crippen LogP) is 1.28. The average molecular weight is 422 g/mol. The number of carbonyl (C=O) groups is 1. The Hall–Kier alpha value is -2.14. The standard InChI is InChI=1S/C18H31N9OS/c1-5-19-15-21-16(20-6-2)27-17(22-15)23-24-18(27)29-12-14(28)26-9-7-25(8-10-26)11-13(3)4/h13H,5-12H2,1-4H3,(H2,19,20,21,22,23). The second-order valence-corrected chi connectivity index (χ2v) is 8.36. The van der Waals surface area contributed by atoms with Gasteiger partial charge in [-0.3, -0.25) is 9.69 Å². The van der Waals surface area contributed by atoms with Crippen molar-refractivity contribution in [2.75, 3.05) is 62.2 Å². The highest BCUT2D eigenvalue weighted by molar-refractivity contribution is 7.99. The van der Waals surface area contributed by atoms with Gasteiger partial charge in [0.15, 0.2) is 5.16 Å². The monoisotopic (exact) mass is 421 g/mol. The first-order valence-electron chi connectivity index (χ1n) is 10.3. The highest BCUT2D eigenvalue weighted by Crippen LogP contribution is 2.21. The van der Waals surface area contributed by atoms with Crippen LogP contribution in [0.2, 0.25) is 0 Å². The molecule has 11 heteroatoms. The van der Waals surface area contributed by atoms with E-state index < -0.39 is 0 Å². The van der Waals surface area contributed by atoms with Gasteiger partial charge in [-0.05, 0) is 19.8 Å². The minimum absolute atomic E-state index is 0.131. The molecule has 3 heterocycles. The van der Waals surface area contributed by atoms with E-state index in [2.05, 4.69) is 49.5 Å².